The van der Waals surface area contributed by atoms with Crippen molar-refractivity contribution < 1.29 is 0 Å². The van der Waals surface area contributed by atoms with E-state index in [-0.39, 0.29) is 11.1 Å². The highest BCUT2D eigenvalue weighted by Gasteiger charge is 2.44. The molecule has 0 aromatic heterocycles. The summed E-state index contributed by atoms with van der Waals surface area (Å²) in [7, 11) is 0. The molecule has 0 bridgehead atoms. The quantitative estimate of drug-likeness (QED) is 0.0672. The van der Waals surface area contributed by atoms with Gasteiger partial charge in [0.15, 0.2) is 0 Å². The molecule has 53 heavy (non-hydrogen) atoms. The first-order valence-electron chi connectivity index (χ1n) is 24.6. The molecule has 1 aliphatic heterocycles. The van der Waals surface area contributed by atoms with Gasteiger partial charge in [-0.05, 0) is 44.1 Å². The Morgan fingerprint density at radius 1 is 0.377 bits per heavy atom. The topological polar surface area (TPSA) is 12.0 Å². The van der Waals surface area contributed by atoms with Crippen LogP contribution >= 0.6 is 0 Å². The summed E-state index contributed by atoms with van der Waals surface area (Å²) in [5, 5.41) is 4.73. The first-order chi connectivity index (χ1) is 26.1. The van der Waals surface area contributed by atoms with Gasteiger partial charge in [-0.3, -0.25) is 0 Å². The van der Waals surface area contributed by atoms with Crippen LogP contribution in [0.1, 0.15) is 277 Å². The van der Waals surface area contributed by atoms with Crippen molar-refractivity contribution in [2.24, 2.45) is 0 Å². The molecule has 308 valence electrons. The van der Waals surface area contributed by atoms with Crippen molar-refractivity contribution in [3.05, 3.63) is 41.5 Å². The van der Waals surface area contributed by atoms with Gasteiger partial charge in [0.05, 0.1) is 0 Å². The maximum atomic E-state index is 4.73. The lowest BCUT2D eigenvalue weighted by molar-refractivity contribution is 0.116. The van der Waals surface area contributed by atoms with Crippen LogP contribution in [-0.4, -0.2) is 11.1 Å². The van der Waals surface area contributed by atoms with Crippen molar-refractivity contribution in [3.63, 3.8) is 0 Å². The zero-order valence-electron chi connectivity index (χ0n) is 36.8. The molecule has 2 rings (SSSR count). The summed E-state index contributed by atoms with van der Waals surface area (Å²) in [6.07, 6.45) is 56.1. The van der Waals surface area contributed by atoms with Crippen LogP contribution in [0.25, 0.3) is 6.08 Å². The summed E-state index contributed by atoms with van der Waals surface area (Å²) in [4.78, 5) is 0. The highest BCUT2D eigenvalue weighted by molar-refractivity contribution is 5.54. The average Bonchev–Trinajstić information content (AvgIpc) is 3.16. The standard InChI is InChI=1S/C52H95N/c1-5-9-13-17-21-25-29-36-42-51(43-37-30-26-22-18-14-10-6-2)47-50(46-49-40-34-33-35-41-49)48-52(53-51,44-38-31-27-23-19-15-11-7-3)45-39-32-28-24-20-16-12-8-4/h33-35,40-41,46,53H,5-32,36-39,42-45,47-48H2,1-4H3. The maximum Gasteiger partial charge on any atom is 0.0224 e. The number of nitrogens with one attached hydrogen (secondary N) is 1. The lowest BCUT2D eigenvalue weighted by atomic mass is 9.68. The van der Waals surface area contributed by atoms with Gasteiger partial charge < -0.3 is 5.32 Å². The van der Waals surface area contributed by atoms with Crippen LogP contribution < -0.4 is 5.32 Å². The highest BCUT2D eigenvalue weighted by Crippen LogP contribution is 2.44. The van der Waals surface area contributed by atoms with Crippen LogP contribution in [0.4, 0.5) is 0 Å². The van der Waals surface area contributed by atoms with Crippen molar-refractivity contribution in [1.29, 1.82) is 0 Å². The minimum absolute atomic E-state index is 0.267. The monoisotopic (exact) mass is 734 g/mol. The predicted octanol–water partition coefficient (Wildman–Crippen LogP) is 18.1. The van der Waals surface area contributed by atoms with Crippen LogP contribution in [0.3, 0.4) is 0 Å². The fourth-order valence-electron chi connectivity index (χ4n) is 9.71. The van der Waals surface area contributed by atoms with E-state index in [1.807, 2.05) is 0 Å². The molecule has 1 heteroatoms. The third-order valence-corrected chi connectivity index (χ3v) is 12.9. The summed E-state index contributed by atoms with van der Waals surface area (Å²) in [5.74, 6) is 0. The third kappa shape index (κ3) is 24.2. The van der Waals surface area contributed by atoms with Crippen LogP contribution in [0, 0.1) is 0 Å². The van der Waals surface area contributed by atoms with E-state index >= 15 is 0 Å². The van der Waals surface area contributed by atoms with E-state index in [1.165, 1.54) is 250 Å². The molecule has 1 aromatic rings. The van der Waals surface area contributed by atoms with E-state index < -0.39 is 0 Å². The Hall–Kier alpha value is -1.08. The van der Waals surface area contributed by atoms with E-state index in [0.717, 1.165) is 0 Å². The van der Waals surface area contributed by atoms with Gasteiger partial charge in [-0.2, -0.15) is 0 Å². The molecule has 1 heterocycles. The van der Waals surface area contributed by atoms with Crippen molar-refractivity contribution in [1.82, 2.24) is 5.32 Å². The van der Waals surface area contributed by atoms with Crippen LogP contribution in [-0.2, 0) is 0 Å². The second kappa shape index (κ2) is 33.1. The van der Waals surface area contributed by atoms with Gasteiger partial charge in [-0.15, -0.1) is 0 Å². The summed E-state index contributed by atoms with van der Waals surface area (Å²) < 4.78 is 0. The Kier molecular flexibility index (Phi) is 30.0. The maximum absolute atomic E-state index is 4.73. The molecular formula is C52H95N. The Bertz CT molecular complexity index is 851. The molecule has 0 aliphatic carbocycles. The fourth-order valence-corrected chi connectivity index (χ4v) is 9.71. The van der Waals surface area contributed by atoms with Gasteiger partial charge in [0.25, 0.3) is 0 Å². The van der Waals surface area contributed by atoms with Crippen molar-refractivity contribution in [3.8, 4) is 0 Å². The molecule has 0 saturated carbocycles. The summed E-state index contributed by atoms with van der Waals surface area (Å²) in [5.41, 5.74) is 3.71. The van der Waals surface area contributed by atoms with E-state index in [1.54, 1.807) is 5.57 Å². The zero-order chi connectivity index (χ0) is 38.0. The average molecular weight is 734 g/mol. The van der Waals surface area contributed by atoms with Gasteiger partial charge >= 0.3 is 0 Å². The molecule has 1 N–H and O–H groups in total. The first kappa shape index (κ1) is 48.1. The van der Waals surface area contributed by atoms with Crippen molar-refractivity contribution >= 4 is 6.08 Å². The minimum Gasteiger partial charge on any atom is -0.305 e. The number of hydrogen-bond acceptors (Lipinski definition) is 1. The molecular weight excluding hydrogens is 639 g/mol. The molecule has 1 nitrogen and oxygen atoms in total. The second-order valence-electron chi connectivity index (χ2n) is 18.2. The van der Waals surface area contributed by atoms with E-state index in [2.05, 4.69) is 64.1 Å². The van der Waals surface area contributed by atoms with Gasteiger partial charge in [-0.25, -0.2) is 0 Å². The molecule has 0 unspecified atom stereocenters. The summed E-state index contributed by atoms with van der Waals surface area (Å²) in [6, 6.07) is 11.4. The van der Waals surface area contributed by atoms with Gasteiger partial charge in [0.2, 0.25) is 0 Å². The molecule has 1 aromatic carbocycles. The molecule has 0 atom stereocenters. The number of unbranched alkanes of at least 4 members (excludes halogenated alkanes) is 28. The van der Waals surface area contributed by atoms with Gasteiger partial charge in [-0.1, -0.05) is 275 Å². The smallest absolute Gasteiger partial charge is 0.0224 e. The molecule has 1 saturated heterocycles. The first-order valence-corrected chi connectivity index (χ1v) is 24.6. The summed E-state index contributed by atoms with van der Waals surface area (Å²) in [6.45, 7) is 9.36. The second-order valence-corrected chi connectivity index (χ2v) is 18.2. The van der Waals surface area contributed by atoms with E-state index in [9.17, 15) is 0 Å². The largest absolute Gasteiger partial charge is 0.305 e. The van der Waals surface area contributed by atoms with Crippen LogP contribution in [0.15, 0.2) is 35.9 Å². The van der Waals surface area contributed by atoms with Crippen molar-refractivity contribution in [2.75, 3.05) is 0 Å². The molecule has 1 aliphatic rings. The van der Waals surface area contributed by atoms with Crippen LogP contribution in [0.5, 0.6) is 0 Å². The Balaban J connectivity index is 2.26. The SMILES string of the molecule is CCCCCCCCCCC1(CCCCCCCCCC)CC(=Cc2ccccc2)CC(CCCCCCCCCC)(CCCCCCCCCC)N1. The van der Waals surface area contributed by atoms with Gasteiger partial charge in [0.1, 0.15) is 0 Å². The lowest BCUT2D eigenvalue weighted by Gasteiger charge is -2.52. The zero-order valence-corrected chi connectivity index (χ0v) is 36.8. The molecule has 0 radical (unpaired) electrons. The molecule has 1 fully saturated rings. The Morgan fingerprint density at radius 2 is 0.642 bits per heavy atom. The predicted molar refractivity (Wildman–Crippen MR) is 241 cm³/mol. The van der Waals surface area contributed by atoms with Gasteiger partial charge in [0, 0.05) is 11.1 Å². The summed E-state index contributed by atoms with van der Waals surface area (Å²) >= 11 is 0. The van der Waals surface area contributed by atoms with E-state index in [4.69, 9.17) is 5.32 Å². The number of rotatable bonds is 37. The van der Waals surface area contributed by atoms with Crippen LogP contribution in [0.2, 0.25) is 0 Å². The number of hydrogen-bond donors (Lipinski definition) is 1. The Labute approximate surface area is 334 Å². The number of piperidine rings is 1. The number of benzene rings is 1. The van der Waals surface area contributed by atoms with E-state index in [0.29, 0.717) is 0 Å². The Morgan fingerprint density at radius 3 is 0.925 bits per heavy atom. The molecule has 0 amide bonds. The molecule has 0 spiro atoms. The lowest BCUT2D eigenvalue weighted by Crippen LogP contribution is -2.61. The highest BCUT2D eigenvalue weighted by atomic mass is 15.1. The normalized spacial score (nSPS) is 15.3. The fraction of sp³-hybridized carbons (Fsp3) is 0.846. The third-order valence-electron chi connectivity index (χ3n) is 12.9. The van der Waals surface area contributed by atoms with Crippen molar-refractivity contribution in [2.45, 2.75) is 283 Å². The minimum atomic E-state index is 0.267.